The first kappa shape index (κ1) is 19.4. The highest BCUT2D eigenvalue weighted by molar-refractivity contribution is 5.96. The number of pyridine rings is 1. The number of carbonyl (C=O) groups is 2. The Bertz CT molecular complexity index is 822. The molecule has 0 spiro atoms. The second-order valence-electron chi connectivity index (χ2n) is 5.29. The SMILES string of the molecule is CCC(=O)Nc1cc(C(=O)NCc2cccc(C(F)(F)F)c2F)ccn1. The van der Waals surface area contributed by atoms with Crippen LogP contribution in [-0.4, -0.2) is 16.8 Å². The molecule has 0 radical (unpaired) electrons. The van der Waals surface area contributed by atoms with Gasteiger partial charge in [0.05, 0.1) is 5.56 Å². The number of anilines is 1. The first-order chi connectivity index (χ1) is 12.2. The van der Waals surface area contributed by atoms with Gasteiger partial charge in [-0.1, -0.05) is 19.1 Å². The first-order valence-electron chi connectivity index (χ1n) is 7.61. The van der Waals surface area contributed by atoms with Crippen LogP contribution in [0.3, 0.4) is 0 Å². The van der Waals surface area contributed by atoms with Crippen LogP contribution in [-0.2, 0) is 17.5 Å². The van der Waals surface area contributed by atoms with Crippen molar-refractivity contribution in [1.82, 2.24) is 10.3 Å². The molecule has 0 aliphatic carbocycles. The lowest BCUT2D eigenvalue weighted by atomic mass is 10.1. The molecule has 0 fully saturated rings. The average molecular weight is 369 g/mol. The molecular weight excluding hydrogens is 354 g/mol. The number of halogens is 4. The number of hydrogen-bond acceptors (Lipinski definition) is 3. The third kappa shape index (κ3) is 4.78. The smallest absolute Gasteiger partial charge is 0.348 e. The van der Waals surface area contributed by atoms with Crippen LogP contribution in [0.15, 0.2) is 36.5 Å². The monoisotopic (exact) mass is 369 g/mol. The highest BCUT2D eigenvalue weighted by Gasteiger charge is 2.34. The van der Waals surface area contributed by atoms with E-state index in [4.69, 9.17) is 0 Å². The second kappa shape index (κ2) is 7.94. The zero-order chi connectivity index (χ0) is 19.3. The predicted octanol–water partition coefficient (Wildman–Crippen LogP) is 3.52. The van der Waals surface area contributed by atoms with E-state index in [0.29, 0.717) is 6.07 Å². The van der Waals surface area contributed by atoms with E-state index in [9.17, 15) is 27.2 Å². The summed E-state index contributed by atoms with van der Waals surface area (Å²) in [6, 6.07) is 5.53. The van der Waals surface area contributed by atoms with Crippen molar-refractivity contribution in [2.45, 2.75) is 26.1 Å². The predicted molar refractivity (Wildman–Crippen MR) is 85.7 cm³/mol. The third-order valence-corrected chi connectivity index (χ3v) is 3.43. The van der Waals surface area contributed by atoms with Crippen molar-refractivity contribution < 1.29 is 27.2 Å². The van der Waals surface area contributed by atoms with Crippen LogP contribution in [0.1, 0.15) is 34.8 Å². The van der Waals surface area contributed by atoms with Crippen molar-refractivity contribution >= 4 is 17.6 Å². The van der Waals surface area contributed by atoms with Gasteiger partial charge < -0.3 is 10.6 Å². The van der Waals surface area contributed by atoms with E-state index in [1.165, 1.54) is 18.3 Å². The number of carbonyl (C=O) groups excluding carboxylic acids is 2. The number of benzene rings is 1. The number of alkyl halides is 3. The van der Waals surface area contributed by atoms with Gasteiger partial charge in [-0.05, 0) is 18.2 Å². The number of hydrogen-bond donors (Lipinski definition) is 2. The van der Waals surface area contributed by atoms with E-state index in [1.807, 2.05) is 0 Å². The van der Waals surface area contributed by atoms with Crippen LogP contribution in [0, 0.1) is 5.82 Å². The van der Waals surface area contributed by atoms with E-state index in [1.54, 1.807) is 6.92 Å². The minimum atomic E-state index is -4.82. The molecule has 0 saturated heterocycles. The van der Waals surface area contributed by atoms with Crippen molar-refractivity contribution in [1.29, 1.82) is 0 Å². The molecule has 2 rings (SSSR count). The molecular formula is C17H15F4N3O2. The Balaban J connectivity index is 2.10. The molecule has 0 saturated carbocycles. The maximum Gasteiger partial charge on any atom is 0.419 e. The van der Waals surface area contributed by atoms with Gasteiger partial charge in [-0.3, -0.25) is 9.59 Å². The van der Waals surface area contributed by atoms with E-state index < -0.39 is 30.0 Å². The molecule has 1 aromatic carbocycles. The molecule has 0 aliphatic heterocycles. The van der Waals surface area contributed by atoms with Crippen molar-refractivity contribution in [3.05, 3.63) is 59.0 Å². The minimum absolute atomic E-state index is 0.124. The Labute approximate surface area is 146 Å². The zero-order valence-electron chi connectivity index (χ0n) is 13.7. The summed E-state index contributed by atoms with van der Waals surface area (Å²) < 4.78 is 52.0. The molecule has 9 heteroatoms. The number of amides is 2. The van der Waals surface area contributed by atoms with Crippen molar-refractivity contribution in [3.63, 3.8) is 0 Å². The van der Waals surface area contributed by atoms with Crippen molar-refractivity contribution in [2.75, 3.05) is 5.32 Å². The van der Waals surface area contributed by atoms with Gasteiger partial charge in [0.25, 0.3) is 5.91 Å². The summed E-state index contributed by atoms with van der Waals surface area (Å²) in [5, 5.41) is 4.82. The molecule has 2 amide bonds. The molecule has 26 heavy (non-hydrogen) atoms. The molecule has 1 aromatic heterocycles. The van der Waals surface area contributed by atoms with Crippen LogP contribution in [0.4, 0.5) is 23.4 Å². The lowest BCUT2D eigenvalue weighted by Crippen LogP contribution is -2.24. The van der Waals surface area contributed by atoms with E-state index >= 15 is 0 Å². The summed E-state index contributed by atoms with van der Waals surface area (Å²) in [6.45, 7) is 1.23. The Morgan fingerprint density at radius 3 is 2.58 bits per heavy atom. The normalized spacial score (nSPS) is 11.1. The molecule has 1 heterocycles. The van der Waals surface area contributed by atoms with Gasteiger partial charge >= 0.3 is 6.18 Å². The Kier molecular flexibility index (Phi) is 5.91. The summed E-state index contributed by atoms with van der Waals surface area (Å²) in [4.78, 5) is 27.3. The van der Waals surface area contributed by atoms with Crippen LogP contribution in [0.2, 0.25) is 0 Å². The van der Waals surface area contributed by atoms with Gasteiger partial charge in [-0.15, -0.1) is 0 Å². The van der Waals surface area contributed by atoms with Gasteiger partial charge in [0.1, 0.15) is 11.6 Å². The molecule has 0 atom stereocenters. The Hall–Kier alpha value is -2.97. The minimum Gasteiger partial charge on any atom is -0.348 e. The fourth-order valence-electron chi connectivity index (χ4n) is 2.08. The lowest BCUT2D eigenvalue weighted by Gasteiger charge is -2.12. The summed E-state index contributed by atoms with van der Waals surface area (Å²) in [7, 11) is 0. The van der Waals surface area contributed by atoms with E-state index in [-0.39, 0.29) is 29.3 Å². The van der Waals surface area contributed by atoms with Crippen LogP contribution < -0.4 is 10.6 Å². The molecule has 0 aliphatic rings. The summed E-state index contributed by atoms with van der Waals surface area (Å²) in [5.41, 5.74) is -1.56. The Morgan fingerprint density at radius 2 is 1.92 bits per heavy atom. The van der Waals surface area contributed by atoms with E-state index in [2.05, 4.69) is 15.6 Å². The third-order valence-electron chi connectivity index (χ3n) is 3.43. The quantitative estimate of drug-likeness (QED) is 0.793. The lowest BCUT2D eigenvalue weighted by molar-refractivity contribution is -0.140. The maximum absolute atomic E-state index is 13.9. The fraction of sp³-hybridized carbons (Fsp3) is 0.235. The highest BCUT2D eigenvalue weighted by Crippen LogP contribution is 2.32. The standard InChI is InChI=1S/C17H15F4N3O2/c1-2-14(25)24-13-8-10(6-7-22-13)16(26)23-9-11-4-3-5-12(15(11)18)17(19,20)21/h3-8H,2,9H2,1H3,(H,23,26)(H,22,24,25). The fourth-order valence-corrected chi connectivity index (χ4v) is 2.08. The summed E-state index contributed by atoms with van der Waals surface area (Å²) in [6.07, 6.45) is -3.29. The molecule has 5 nitrogen and oxygen atoms in total. The number of nitrogens with zero attached hydrogens (tertiary/aromatic N) is 1. The topological polar surface area (TPSA) is 71.1 Å². The molecule has 138 valence electrons. The van der Waals surface area contributed by atoms with Crippen LogP contribution in [0.5, 0.6) is 0 Å². The summed E-state index contributed by atoms with van der Waals surface area (Å²) >= 11 is 0. The number of rotatable bonds is 5. The largest absolute Gasteiger partial charge is 0.419 e. The van der Waals surface area contributed by atoms with Gasteiger partial charge in [0.15, 0.2) is 0 Å². The zero-order valence-corrected chi connectivity index (χ0v) is 13.7. The van der Waals surface area contributed by atoms with E-state index in [0.717, 1.165) is 12.1 Å². The number of nitrogens with one attached hydrogen (secondary N) is 2. The number of aromatic nitrogens is 1. The van der Waals surface area contributed by atoms with Gasteiger partial charge in [-0.2, -0.15) is 13.2 Å². The Morgan fingerprint density at radius 1 is 1.19 bits per heavy atom. The molecule has 0 unspecified atom stereocenters. The second-order valence-corrected chi connectivity index (χ2v) is 5.29. The van der Waals surface area contributed by atoms with Gasteiger partial charge in [0, 0.05) is 30.3 Å². The highest BCUT2D eigenvalue weighted by atomic mass is 19.4. The van der Waals surface area contributed by atoms with Crippen LogP contribution in [0.25, 0.3) is 0 Å². The van der Waals surface area contributed by atoms with Gasteiger partial charge in [-0.25, -0.2) is 9.37 Å². The molecule has 0 bridgehead atoms. The maximum atomic E-state index is 13.9. The van der Waals surface area contributed by atoms with Crippen molar-refractivity contribution in [2.24, 2.45) is 0 Å². The molecule has 2 aromatic rings. The van der Waals surface area contributed by atoms with Gasteiger partial charge in [0.2, 0.25) is 5.91 Å². The van der Waals surface area contributed by atoms with Crippen molar-refractivity contribution in [3.8, 4) is 0 Å². The molecule has 2 N–H and O–H groups in total. The summed E-state index contributed by atoms with van der Waals surface area (Å²) in [5.74, 6) is -2.20. The first-order valence-corrected chi connectivity index (χ1v) is 7.61. The van der Waals surface area contributed by atoms with Crippen LogP contribution >= 0.6 is 0 Å². The average Bonchev–Trinajstić information content (AvgIpc) is 2.59.